The van der Waals surface area contributed by atoms with Gasteiger partial charge < -0.3 is 15.7 Å². The van der Waals surface area contributed by atoms with Gasteiger partial charge in [-0.3, -0.25) is 9.20 Å². The molecule has 3 N–H and O–H groups in total. The molecule has 6 rings (SSSR count). The fourth-order valence-electron chi connectivity index (χ4n) is 7.78. The molecule has 3 bridgehead atoms. The van der Waals surface area contributed by atoms with Crippen LogP contribution in [0.3, 0.4) is 0 Å². The highest BCUT2D eigenvalue weighted by Gasteiger charge is 2.70. The van der Waals surface area contributed by atoms with Gasteiger partial charge in [0.05, 0.1) is 12.3 Å². The highest BCUT2D eigenvalue weighted by atomic mass is 16.3. The quantitative estimate of drug-likeness (QED) is 0.658. The van der Waals surface area contributed by atoms with E-state index in [2.05, 4.69) is 15.6 Å². The molecule has 6 nitrogen and oxygen atoms in total. The van der Waals surface area contributed by atoms with E-state index in [1.165, 1.54) is 38.5 Å². The van der Waals surface area contributed by atoms with Crippen molar-refractivity contribution in [1.29, 1.82) is 0 Å². The minimum absolute atomic E-state index is 0.00169. The monoisotopic (exact) mass is 408 g/mol. The van der Waals surface area contributed by atoms with Crippen molar-refractivity contribution >= 4 is 11.6 Å². The number of nitrogens with zero attached hydrogens (tertiary/aromatic N) is 2. The smallest absolute Gasteiger partial charge is 0.268 e. The molecule has 4 fully saturated rings. The average Bonchev–Trinajstić information content (AvgIpc) is 3.30. The summed E-state index contributed by atoms with van der Waals surface area (Å²) >= 11 is 0. The number of nitrogens with one attached hydrogen (secondary N) is 2. The van der Waals surface area contributed by atoms with Gasteiger partial charge in [-0.15, -0.1) is 0 Å². The van der Waals surface area contributed by atoms with E-state index < -0.39 is 0 Å². The fourth-order valence-corrected chi connectivity index (χ4v) is 7.78. The number of carbonyl (C=O) groups is 1. The number of aromatic nitrogens is 2. The number of aliphatic hydroxyl groups is 1. The number of pyridine rings is 1. The lowest BCUT2D eigenvalue weighted by molar-refractivity contribution is -0.00254. The molecule has 0 radical (unpaired) electrons. The van der Waals surface area contributed by atoms with E-state index in [-0.39, 0.29) is 18.6 Å². The van der Waals surface area contributed by atoms with Gasteiger partial charge >= 0.3 is 0 Å². The highest BCUT2D eigenvalue weighted by molar-refractivity contribution is 5.93. The number of imidazole rings is 1. The molecule has 1 spiro atoms. The molecule has 0 saturated heterocycles. The lowest BCUT2D eigenvalue weighted by atomic mass is 9.55. The lowest BCUT2D eigenvalue weighted by Crippen LogP contribution is -2.43. The van der Waals surface area contributed by atoms with Crippen molar-refractivity contribution in [3.05, 3.63) is 35.8 Å². The van der Waals surface area contributed by atoms with Crippen LogP contribution < -0.4 is 10.6 Å². The van der Waals surface area contributed by atoms with Crippen molar-refractivity contribution in [1.82, 2.24) is 20.0 Å². The molecule has 2 aromatic heterocycles. The second-order valence-electron chi connectivity index (χ2n) is 10.8. The number of carbonyl (C=O) groups excluding carboxylic acids is 1. The molecule has 0 aliphatic heterocycles. The Bertz CT molecular complexity index is 998. The maximum absolute atomic E-state index is 13.2. The highest BCUT2D eigenvalue weighted by Crippen LogP contribution is 2.78. The molecule has 2 heterocycles. The van der Waals surface area contributed by atoms with Crippen LogP contribution in [0, 0.1) is 28.6 Å². The van der Waals surface area contributed by atoms with Crippen LogP contribution in [0.15, 0.2) is 24.4 Å². The molecular formula is C24H32N4O2. The predicted octanol–water partition coefficient (Wildman–Crippen LogP) is 2.75. The molecule has 4 aliphatic carbocycles. The minimum atomic E-state index is 0.00169. The van der Waals surface area contributed by atoms with Crippen LogP contribution in [0.2, 0.25) is 0 Å². The average molecular weight is 409 g/mol. The maximum atomic E-state index is 13.2. The van der Waals surface area contributed by atoms with Gasteiger partial charge in [-0.25, -0.2) is 4.98 Å². The van der Waals surface area contributed by atoms with Crippen LogP contribution in [0.1, 0.15) is 61.6 Å². The summed E-state index contributed by atoms with van der Waals surface area (Å²) in [6.07, 6.45) is 10.3. The van der Waals surface area contributed by atoms with E-state index in [9.17, 15) is 9.90 Å². The van der Waals surface area contributed by atoms with E-state index in [1.54, 1.807) is 0 Å². The van der Waals surface area contributed by atoms with Crippen LogP contribution >= 0.6 is 0 Å². The standard InChI is InChI=1S/C24H32N4O2/c1-15(12-29)25-10-19-11-28-20(3-2-4-21(28)27-19)22(30)26-14-23-7-16-5-17-6-18(9-23)24(17,8-16)13-23/h2-4,11,15-18,25,29H,5-10,12-14H2,1H3,(H,26,30)/t15-,16?,17?,18?,23?,24?/m0/s1. The Labute approximate surface area is 177 Å². The molecule has 6 heteroatoms. The summed E-state index contributed by atoms with van der Waals surface area (Å²) in [4.78, 5) is 17.8. The Morgan fingerprint density at radius 3 is 3.07 bits per heavy atom. The van der Waals surface area contributed by atoms with Crippen LogP contribution in [0.5, 0.6) is 0 Å². The van der Waals surface area contributed by atoms with E-state index in [4.69, 9.17) is 0 Å². The number of hydrogen-bond donors (Lipinski definition) is 3. The third-order valence-electron chi connectivity index (χ3n) is 8.89. The molecule has 4 saturated carbocycles. The Hall–Kier alpha value is -1.92. The Morgan fingerprint density at radius 1 is 1.30 bits per heavy atom. The van der Waals surface area contributed by atoms with Crippen molar-refractivity contribution in [2.24, 2.45) is 28.6 Å². The summed E-state index contributed by atoms with van der Waals surface area (Å²) in [6, 6.07) is 5.74. The second kappa shape index (κ2) is 6.54. The van der Waals surface area contributed by atoms with Crippen LogP contribution in [0.25, 0.3) is 5.65 Å². The first kappa shape index (κ1) is 18.8. The molecule has 5 unspecified atom stereocenters. The van der Waals surface area contributed by atoms with E-state index in [0.29, 0.717) is 23.1 Å². The van der Waals surface area contributed by atoms with Gasteiger partial charge in [-0.1, -0.05) is 6.07 Å². The number of hydrogen-bond acceptors (Lipinski definition) is 4. The number of fused-ring (bicyclic) bond motifs is 3. The van der Waals surface area contributed by atoms with Crippen LogP contribution in [0.4, 0.5) is 0 Å². The molecule has 2 aromatic rings. The zero-order chi connectivity index (χ0) is 20.5. The third-order valence-corrected chi connectivity index (χ3v) is 8.89. The van der Waals surface area contributed by atoms with E-state index in [1.807, 2.05) is 35.7 Å². The second-order valence-corrected chi connectivity index (χ2v) is 10.8. The zero-order valence-corrected chi connectivity index (χ0v) is 17.7. The lowest BCUT2D eigenvalue weighted by Gasteiger charge is -2.49. The first-order valence-electron chi connectivity index (χ1n) is 11.6. The predicted molar refractivity (Wildman–Crippen MR) is 114 cm³/mol. The molecule has 160 valence electrons. The van der Waals surface area contributed by atoms with Gasteiger partial charge in [-0.2, -0.15) is 0 Å². The zero-order valence-electron chi connectivity index (χ0n) is 17.7. The first-order chi connectivity index (χ1) is 14.5. The number of aliphatic hydroxyl groups excluding tert-OH is 1. The Kier molecular flexibility index (Phi) is 4.10. The fraction of sp³-hybridized carbons (Fsp3) is 0.667. The van der Waals surface area contributed by atoms with Crippen molar-refractivity contribution < 1.29 is 9.90 Å². The molecule has 4 aliphatic rings. The third kappa shape index (κ3) is 2.69. The van der Waals surface area contributed by atoms with Crippen molar-refractivity contribution in [2.75, 3.05) is 13.2 Å². The van der Waals surface area contributed by atoms with Crippen molar-refractivity contribution in [3.8, 4) is 0 Å². The molecule has 0 aromatic carbocycles. The normalized spacial score (nSPS) is 36.7. The SMILES string of the molecule is C[C@@H](CO)NCc1cn2c(C(=O)NCC34CC5CC6CC(C3)C6(C5)C4)cccc2n1. The van der Waals surface area contributed by atoms with Gasteiger partial charge in [0.2, 0.25) is 0 Å². The summed E-state index contributed by atoms with van der Waals surface area (Å²) in [5, 5.41) is 15.7. The molecule has 1 amide bonds. The number of rotatable bonds is 7. The van der Waals surface area contributed by atoms with Gasteiger partial charge in [0.25, 0.3) is 5.91 Å². The van der Waals surface area contributed by atoms with Crippen LogP contribution in [-0.2, 0) is 6.54 Å². The number of amides is 1. The van der Waals surface area contributed by atoms with E-state index >= 15 is 0 Å². The Balaban J connectivity index is 1.17. The van der Waals surface area contributed by atoms with E-state index in [0.717, 1.165) is 35.6 Å². The summed E-state index contributed by atoms with van der Waals surface area (Å²) in [5.41, 5.74) is 3.30. The summed E-state index contributed by atoms with van der Waals surface area (Å²) in [7, 11) is 0. The molecule has 30 heavy (non-hydrogen) atoms. The molecule has 6 atom stereocenters. The van der Waals surface area contributed by atoms with Gasteiger partial charge in [-0.05, 0) is 86.2 Å². The minimum Gasteiger partial charge on any atom is -0.395 e. The van der Waals surface area contributed by atoms with Gasteiger partial charge in [0, 0.05) is 25.3 Å². The largest absolute Gasteiger partial charge is 0.395 e. The van der Waals surface area contributed by atoms with Gasteiger partial charge in [0.15, 0.2) is 0 Å². The maximum Gasteiger partial charge on any atom is 0.268 e. The summed E-state index contributed by atoms with van der Waals surface area (Å²) in [5.74, 6) is 2.83. The first-order valence-corrected chi connectivity index (χ1v) is 11.6. The molecular weight excluding hydrogens is 376 g/mol. The topological polar surface area (TPSA) is 78.7 Å². The van der Waals surface area contributed by atoms with Crippen molar-refractivity contribution in [3.63, 3.8) is 0 Å². The van der Waals surface area contributed by atoms with Crippen molar-refractivity contribution in [2.45, 2.75) is 58.0 Å². The Morgan fingerprint density at radius 2 is 2.20 bits per heavy atom. The van der Waals surface area contributed by atoms with Gasteiger partial charge in [0.1, 0.15) is 11.3 Å². The summed E-state index contributed by atoms with van der Waals surface area (Å²) in [6.45, 7) is 3.41. The summed E-state index contributed by atoms with van der Waals surface area (Å²) < 4.78 is 1.89. The van der Waals surface area contributed by atoms with Crippen LogP contribution in [-0.4, -0.2) is 39.6 Å².